The number of benzene rings is 1. The van der Waals surface area contributed by atoms with Crippen molar-refractivity contribution in [2.45, 2.75) is 66.8 Å². The highest BCUT2D eigenvalue weighted by Gasteiger charge is 2.23. The lowest BCUT2D eigenvalue weighted by atomic mass is 10.1. The van der Waals surface area contributed by atoms with E-state index in [2.05, 4.69) is 64.9 Å². The Morgan fingerprint density at radius 3 is 2.77 bits per heavy atom. The first kappa shape index (κ1) is 28.2. The van der Waals surface area contributed by atoms with Crippen molar-refractivity contribution in [1.29, 1.82) is 0 Å². The van der Waals surface area contributed by atoms with E-state index in [1.165, 1.54) is 0 Å². The number of hydrogen-bond donors (Lipinski definition) is 1. The molecule has 1 unspecified atom stereocenters. The van der Waals surface area contributed by atoms with Gasteiger partial charge in [0.15, 0.2) is 0 Å². The minimum Gasteiger partial charge on any atom is -0.473 e. The Balaban J connectivity index is 0.00000172. The second kappa shape index (κ2) is 12.3. The van der Waals surface area contributed by atoms with Crippen LogP contribution in [0.3, 0.4) is 0 Å². The number of ether oxygens (including phenoxy) is 2. The summed E-state index contributed by atoms with van der Waals surface area (Å²) in [5.41, 5.74) is 5.83. The fourth-order valence-corrected chi connectivity index (χ4v) is 4.77. The lowest BCUT2D eigenvalue weighted by molar-refractivity contribution is 0.134. The van der Waals surface area contributed by atoms with Gasteiger partial charge in [-0.05, 0) is 57.2 Å². The zero-order valence-corrected chi connectivity index (χ0v) is 24.2. The number of nitrogens with one attached hydrogen (secondary N) is 1. The molecule has 9 heteroatoms. The molecule has 0 fully saturated rings. The highest BCUT2D eigenvalue weighted by molar-refractivity contribution is 5.93. The molecule has 0 aliphatic carbocycles. The number of aromatic nitrogens is 6. The van der Waals surface area contributed by atoms with Gasteiger partial charge in [-0.2, -0.15) is 10.2 Å². The molecule has 1 N–H and O–H groups in total. The lowest BCUT2D eigenvalue weighted by Crippen LogP contribution is -2.34. The molecular formula is C30H41N7O2. The summed E-state index contributed by atoms with van der Waals surface area (Å²) in [4.78, 5) is 2.36. The molecule has 1 aliphatic heterocycles. The van der Waals surface area contributed by atoms with Crippen LogP contribution in [0.25, 0.3) is 34.2 Å². The summed E-state index contributed by atoms with van der Waals surface area (Å²) in [6, 6.07) is 6.22. The smallest absolute Gasteiger partial charge is 0.240 e. The zero-order valence-electron chi connectivity index (χ0n) is 24.2. The number of allylic oxidation sites excluding steroid dienone is 1. The summed E-state index contributed by atoms with van der Waals surface area (Å²) >= 11 is 0. The number of likely N-dealkylation sites (N-methyl/N-ethyl adjacent to an activating group) is 1. The Morgan fingerprint density at radius 2 is 2.05 bits per heavy atom. The maximum atomic E-state index is 6.50. The fraction of sp³-hybridized carbons (Fsp3) is 0.433. The van der Waals surface area contributed by atoms with Crippen molar-refractivity contribution in [2.24, 2.45) is 7.05 Å². The van der Waals surface area contributed by atoms with Crippen LogP contribution in [0.4, 0.5) is 0 Å². The molecule has 1 atom stereocenters. The van der Waals surface area contributed by atoms with E-state index in [1.807, 2.05) is 57.8 Å². The van der Waals surface area contributed by atoms with Crippen molar-refractivity contribution >= 4 is 23.1 Å². The van der Waals surface area contributed by atoms with Crippen molar-refractivity contribution in [2.75, 3.05) is 13.1 Å². The molecule has 3 aromatic heterocycles. The SMILES string of the molecule is C=CCn1nc(OC(C)C)c2c1CN(CC)CC(C)Oc1c(cnn1C)-c1ccc3n[nH]c(c3c1)/C=C/2.CC. The van der Waals surface area contributed by atoms with Gasteiger partial charge in [0.2, 0.25) is 11.8 Å². The molecule has 9 nitrogen and oxygen atoms in total. The molecule has 5 rings (SSSR count). The van der Waals surface area contributed by atoms with Crippen LogP contribution >= 0.6 is 0 Å². The second-order valence-electron chi connectivity index (χ2n) is 9.75. The summed E-state index contributed by atoms with van der Waals surface area (Å²) in [5.74, 6) is 1.37. The normalized spacial score (nSPS) is 16.5. The van der Waals surface area contributed by atoms with Gasteiger partial charge in [-0.15, -0.1) is 11.7 Å². The molecule has 0 saturated heterocycles. The molecule has 0 saturated carbocycles. The number of nitrogens with zero attached hydrogens (tertiary/aromatic N) is 6. The Kier molecular flexibility index (Phi) is 8.91. The van der Waals surface area contributed by atoms with Gasteiger partial charge in [0.25, 0.3) is 0 Å². The molecule has 1 aromatic carbocycles. The fourth-order valence-electron chi connectivity index (χ4n) is 4.77. The van der Waals surface area contributed by atoms with Gasteiger partial charge in [0.1, 0.15) is 6.10 Å². The van der Waals surface area contributed by atoms with Crippen LogP contribution in [0.2, 0.25) is 0 Å². The second-order valence-corrected chi connectivity index (χ2v) is 9.75. The van der Waals surface area contributed by atoms with Crippen molar-refractivity contribution in [3.05, 3.63) is 54.0 Å². The maximum absolute atomic E-state index is 6.50. The minimum absolute atomic E-state index is 0.000420. The predicted molar refractivity (Wildman–Crippen MR) is 158 cm³/mol. The van der Waals surface area contributed by atoms with Gasteiger partial charge in [0.05, 0.1) is 46.9 Å². The highest BCUT2D eigenvalue weighted by Crippen LogP contribution is 2.34. The van der Waals surface area contributed by atoms with Crippen LogP contribution in [-0.2, 0) is 20.1 Å². The molecule has 0 radical (unpaired) electrons. The number of aromatic amines is 1. The van der Waals surface area contributed by atoms with Crippen molar-refractivity contribution in [3.63, 3.8) is 0 Å². The van der Waals surface area contributed by atoms with Gasteiger partial charge in [-0.1, -0.05) is 32.9 Å². The van der Waals surface area contributed by atoms with E-state index in [-0.39, 0.29) is 12.2 Å². The number of hydrogen-bond acceptors (Lipinski definition) is 6. The van der Waals surface area contributed by atoms with Gasteiger partial charge in [-0.3, -0.25) is 14.7 Å². The highest BCUT2D eigenvalue weighted by atomic mass is 16.5. The number of H-pyrrole nitrogens is 1. The molecule has 1 aliphatic rings. The van der Waals surface area contributed by atoms with Gasteiger partial charge >= 0.3 is 0 Å². The van der Waals surface area contributed by atoms with Crippen molar-refractivity contribution in [1.82, 2.24) is 34.7 Å². The molecule has 0 amide bonds. The first-order valence-electron chi connectivity index (χ1n) is 13.8. The van der Waals surface area contributed by atoms with E-state index in [0.717, 1.165) is 58.0 Å². The summed E-state index contributed by atoms with van der Waals surface area (Å²) < 4.78 is 16.5. The summed E-state index contributed by atoms with van der Waals surface area (Å²) in [6.45, 7) is 19.1. The third-order valence-corrected chi connectivity index (χ3v) is 6.56. The van der Waals surface area contributed by atoms with Gasteiger partial charge in [-0.25, -0.2) is 4.68 Å². The summed E-state index contributed by atoms with van der Waals surface area (Å²) in [6.07, 6.45) is 7.81. The first-order chi connectivity index (χ1) is 18.9. The Bertz CT molecular complexity index is 1440. The van der Waals surface area contributed by atoms with E-state index in [0.29, 0.717) is 19.0 Å². The Labute approximate surface area is 231 Å². The van der Waals surface area contributed by atoms with Crippen LogP contribution in [0, 0.1) is 0 Å². The van der Waals surface area contributed by atoms with E-state index in [9.17, 15) is 0 Å². The quantitative estimate of drug-likeness (QED) is 0.321. The Morgan fingerprint density at radius 1 is 1.26 bits per heavy atom. The standard InChI is InChI=1S/C28H35N7O2.C2H6/c1-7-13-35-26-17-34(8-2)16-19(5)37-28-23(15-29-33(28)6)20-9-11-24-22(14-20)25(31-30-24)12-10-21(26)27(32-35)36-18(3)4;1-2/h7,9-12,14-15,18-19H,1,8,13,16-17H2,2-6H3,(H,30,31);1-2H3/b12-10+;. The van der Waals surface area contributed by atoms with Crippen LogP contribution in [0.1, 0.15) is 58.5 Å². The molecule has 208 valence electrons. The van der Waals surface area contributed by atoms with E-state index in [4.69, 9.17) is 14.6 Å². The van der Waals surface area contributed by atoms with Crippen LogP contribution in [0.15, 0.2) is 37.1 Å². The van der Waals surface area contributed by atoms with E-state index < -0.39 is 0 Å². The lowest BCUT2D eigenvalue weighted by Gasteiger charge is -2.25. The number of rotatable bonds is 5. The molecule has 0 spiro atoms. The number of fused-ring (bicyclic) bond motifs is 4. The summed E-state index contributed by atoms with van der Waals surface area (Å²) in [5, 5.41) is 18.1. The molecule has 4 heterocycles. The van der Waals surface area contributed by atoms with Crippen molar-refractivity contribution in [3.8, 4) is 22.9 Å². The van der Waals surface area contributed by atoms with E-state index >= 15 is 0 Å². The summed E-state index contributed by atoms with van der Waals surface area (Å²) in [7, 11) is 1.91. The molecule has 4 aromatic rings. The monoisotopic (exact) mass is 531 g/mol. The average molecular weight is 532 g/mol. The number of aryl methyl sites for hydroxylation is 1. The Hall–Kier alpha value is -3.85. The topological polar surface area (TPSA) is 86.0 Å². The van der Waals surface area contributed by atoms with Crippen LogP contribution in [-0.4, -0.2) is 60.0 Å². The largest absolute Gasteiger partial charge is 0.473 e. The van der Waals surface area contributed by atoms with Crippen LogP contribution < -0.4 is 9.47 Å². The maximum Gasteiger partial charge on any atom is 0.240 e. The zero-order chi connectivity index (χ0) is 28.1. The van der Waals surface area contributed by atoms with Crippen LogP contribution in [0.5, 0.6) is 11.8 Å². The first-order valence-corrected chi connectivity index (χ1v) is 13.8. The predicted octanol–water partition coefficient (Wildman–Crippen LogP) is 5.93. The third kappa shape index (κ3) is 5.93. The van der Waals surface area contributed by atoms with Crippen molar-refractivity contribution < 1.29 is 9.47 Å². The molecule has 39 heavy (non-hydrogen) atoms. The minimum atomic E-state index is -0.0615. The van der Waals surface area contributed by atoms with E-state index in [1.54, 1.807) is 4.68 Å². The molecular weight excluding hydrogens is 490 g/mol. The third-order valence-electron chi connectivity index (χ3n) is 6.56. The average Bonchev–Trinajstić information content (AvgIpc) is 3.58. The van der Waals surface area contributed by atoms with Gasteiger partial charge in [0, 0.05) is 25.5 Å². The molecule has 2 bridgehead atoms. The van der Waals surface area contributed by atoms with Gasteiger partial charge < -0.3 is 9.47 Å².